The van der Waals surface area contributed by atoms with Gasteiger partial charge in [0.2, 0.25) is 0 Å². The number of benzene rings is 1. The first-order chi connectivity index (χ1) is 8.60. The monoisotopic (exact) mass is 261 g/mol. The maximum Gasteiger partial charge on any atom is 0.144 e. The maximum atomic E-state index is 12.4. The van der Waals surface area contributed by atoms with E-state index in [0.29, 0.717) is 13.0 Å². The number of fused-ring (bicyclic) bond motifs is 1. The molecule has 1 atom stereocenters. The predicted octanol–water partition coefficient (Wildman–Crippen LogP) is 3.39. The van der Waals surface area contributed by atoms with Crippen LogP contribution in [0.3, 0.4) is 0 Å². The molecule has 0 radical (unpaired) electrons. The quantitative estimate of drug-likeness (QED) is 0.896. The van der Waals surface area contributed by atoms with E-state index in [4.69, 9.17) is 5.73 Å². The summed E-state index contributed by atoms with van der Waals surface area (Å²) in [6.45, 7) is 4.41. The van der Waals surface area contributed by atoms with Gasteiger partial charge in [-0.1, -0.05) is 32.0 Å². The van der Waals surface area contributed by atoms with Gasteiger partial charge in [0, 0.05) is 23.1 Å². The van der Waals surface area contributed by atoms with Crippen LogP contribution in [0.4, 0.5) is 0 Å². The standard InChI is InChI=1S/C15H19NOS/c1-3-15(2,10-16)14(17)8-11-9-18-13-7-5-4-6-12(11)13/h4-7,9H,3,8,10,16H2,1-2H3. The van der Waals surface area contributed by atoms with Crippen LogP contribution in [0, 0.1) is 5.41 Å². The Morgan fingerprint density at radius 3 is 2.78 bits per heavy atom. The third-order valence-electron chi connectivity index (χ3n) is 3.82. The van der Waals surface area contributed by atoms with Crippen molar-refractivity contribution in [3.8, 4) is 0 Å². The van der Waals surface area contributed by atoms with Gasteiger partial charge in [-0.25, -0.2) is 0 Å². The third-order valence-corrected chi connectivity index (χ3v) is 4.83. The van der Waals surface area contributed by atoms with Crippen molar-refractivity contribution in [2.75, 3.05) is 6.54 Å². The van der Waals surface area contributed by atoms with Gasteiger partial charge in [-0.15, -0.1) is 11.3 Å². The first kappa shape index (κ1) is 13.2. The molecule has 3 heteroatoms. The molecule has 0 fully saturated rings. The zero-order valence-corrected chi connectivity index (χ0v) is 11.7. The fourth-order valence-corrected chi connectivity index (χ4v) is 2.97. The Kier molecular flexibility index (Phi) is 3.83. The van der Waals surface area contributed by atoms with E-state index in [1.54, 1.807) is 11.3 Å². The number of hydrogen-bond donors (Lipinski definition) is 1. The van der Waals surface area contributed by atoms with Gasteiger partial charge < -0.3 is 5.73 Å². The molecule has 0 spiro atoms. The number of carbonyl (C=O) groups excluding carboxylic acids is 1. The van der Waals surface area contributed by atoms with Crippen LogP contribution in [0.2, 0.25) is 0 Å². The zero-order valence-electron chi connectivity index (χ0n) is 10.9. The van der Waals surface area contributed by atoms with E-state index in [9.17, 15) is 4.79 Å². The second-order valence-electron chi connectivity index (χ2n) is 4.98. The molecule has 0 amide bonds. The highest BCUT2D eigenvalue weighted by atomic mass is 32.1. The van der Waals surface area contributed by atoms with Crippen molar-refractivity contribution in [2.24, 2.45) is 11.1 Å². The van der Waals surface area contributed by atoms with E-state index in [-0.39, 0.29) is 11.2 Å². The molecule has 2 N–H and O–H groups in total. The molecule has 0 aliphatic rings. The van der Waals surface area contributed by atoms with Crippen molar-refractivity contribution in [2.45, 2.75) is 26.7 Å². The normalized spacial score (nSPS) is 14.6. The molecule has 0 saturated carbocycles. The first-order valence-electron chi connectivity index (χ1n) is 6.29. The maximum absolute atomic E-state index is 12.4. The summed E-state index contributed by atoms with van der Waals surface area (Å²) in [7, 11) is 0. The van der Waals surface area contributed by atoms with Crippen LogP contribution >= 0.6 is 11.3 Å². The molecule has 0 aliphatic carbocycles. The minimum absolute atomic E-state index is 0.246. The van der Waals surface area contributed by atoms with Crippen molar-refractivity contribution in [1.29, 1.82) is 0 Å². The fraction of sp³-hybridized carbons (Fsp3) is 0.400. The van der Waals surface area contributed by atoms with Crippen molar-refractivity contribution in [3.63, 3.8) is 0 Å². The summed E-state index contributed by atoms with van der Waals surface area (Å²) in [6.07, 6.45) is 1.29. The third kappa shape index (κ3) is 2.33. The number of Topliss-reactive ketones (excluding diaryl/α,β-unsaturated/α-hetero) is 1. The summed E-state index contributed by atoms with van der Waals surface area (Å²) < 4.78 is 1.24. The Bertz CT molecular complexity index is 554. The summed E-state index contributed by atoms with van der Waals surface area (Å²) in [5, 5.41) is 3.29. The van der Waals surface area contributed by atoms with Gasteiger partial charge in [-0.2, -0.15) is 0 Å². The topological polar surface area (TPSA) is 43.1 Å². The predicted molar refractivity (Wildman–Crippen MR) is 78.0 cm³/mol. The summed E-state index contributed by atoms with van der Waals surface area (Å²) in [5.74, 6) is 0.246. The molecule has 2 rings (SSSR count). The lowest BCUT2D eigenvalue weighted by molar-refractivity contribution is -0.126. The van der Waals surface area contributed by atoms with Crippen LogP contribution in [0.15, 0.2) is 29.6 Å². The second-order valence-corrected chi connectivity index (χ2v) is 5.89. The molecule has 2 aromatic rings. The first-order valence-corrected chi connectivity index (χ1v) is 7.17. The van der Waals surface area contributed by atoms with Crippen molar-refractivity contribution in [3.05, 3.63) is 35.2 Å². The van der Waals surface area contributed by atoms with Gasteiger partial charge in [0.1, 0.15) is 5.78 Å². The van der Waals surface area contributed by atoms with Crippen LogP contribution in [0.25, 0.3) is 10.1 Å². The smallest absolute Gasteiger partial charge is 0.144 e. The molecule has 1 heterocycles. The Morgan fingerprint density at radius 1 is 1.39 bits per heavy atom. The highest BCUT2D eigenvalue weighted by Gasteiger charge is 2.29. The van der Waals surface area contributed by atoms with Gasteiger partial charge in [-0.3, -0.25) is 4.79 Å². The molecular formula is C15H19NOS. The van der Waals surface area contributed by atoms with E-state index < -0.39 is 0 Å². The molecule has 1 aromatic heterocycles. The number of rotatable bonds is 5. The lowest BCUT2D eigenvalue weighted by atomic mass is 9.80. The number of hydrogen-bond acceptors (Lipinski definition) is 3. The molecule has 0 aliphatic heterocycles. The molecular weight excluding hydrogens is 242 g/mol. The van der Waals surface area contributed by atoms with E-state index in [0.717, 1.165) is 12.0 Å². The summed E-state index contributed by atoms with van der Waals surface area (Å²) >= 11 is 1.70. The fourth-order valence-electron chi connectivity index (χ4n) is 2.01. The van der Waals surface area contributed by atoms with Crippen LogP contribution in [0.5, 0.6) is 0 Å². The summed E-state index contributed by atoms with van der Waals surface area (Å²) in [4.78, 5) is 12.4. The van der Waals surface area contributed by atoms with E-state index in [2.05, 4.69) is 17.5 Å². The van der Waals surface area contributed by atoms with Crippen LogP contribution in [-0.4, -0.2) is 12.3 Å². The highest BCUT2D eigenvalue weighted by Crippen LogP contribution is 2.29. The number of ketones is 1. The number of thiophene rings is 1. The van der Waals surface area contributed by atoms with Gasteiger partial charge >= 0.3 is 0 Å². The molecule has 0 saturated heterocycles. The lowest BCUT2D eigenvalue weighted by Crippen LogP contribution is -2.36. The average molecular weight is 261 g/mol. The van der Waals surface area contributed by atoms with Crippen LogP contribution in [0.1, 0.15) is 25.8 Å². The highest BCUT2D eigenvalue weighted by molar-refractivity contribution is 7.17. The van der Waals surface area contributed by atoms with Crippen molar-refractivity contribution >= 4 is 27.2 Å². The molecule has 1 unspecified atom stereocenters. The minimum atomic E-state index is -0.386. The Labute approximate surface area is 112 Å². The van der Waals surface area contributed by atoms with Gasteiger partial charge in [0.15, 0.2) is 0 Å². The van der Waals surface area contributed by atoms with Crippen molar-refractivity contribution < 1.29 is 4.79 Å². The van der Waals surface area contributed by atoms with Gasteiger partial charge in [0.25, 0.3) is 0 Å². The van der Waals surface area contributed by atoms with E-state index >= 15 is 0 Å². The van der Waals surface area contributed by atoms with Crippen LogP contribution < -0.4 is 5.73 Å². The van der Waals surface area contributed by atoms with Crippen LogP contribution in [-0.2, 0) is 11.2 Å². The Hall–Kier alpha value is -1.19. The van der Waals surface area contributed by atoms with Crippen molar-refractivity contribution in [1.82, 2.24) is 0 Å². The largest absolute Gasteiger partial charge is 0.329 e. The molecule has 0 bridgehead atoms. The second kappa shape index (κ2) is 5.21. The minimum Gasteiger partial charge on any atom is -0.329 e. The Balaban J connectivity index is 2.27. The SMILES string of the molecule is CCC(C)(CN)C(=O)Cc1csc2ccccc12. The number of nitrogens with two attached hydrogens (primary N) is 1. The molecule has 2 nitrogen and oxygen atoms in total. The van der Waals surface area contributed by atoms with E-state index in [1.807, 2.05) is 26.0 Å². The summed E-state index contributed by atoms with van der Waals surface area (Å²) in [5.41, 5.74) is 6.49. The summed E-state index contributed by atoms with van der Waals surface area (Å²) in [6, 6.07) is 8.22. The molecule has 1 aromatic carbocycles. The molecule has 18 heavy (non-hydrogen) atoms. The van der Waals surface area contributed by atoms with E-state index in [1.165, 1.54) is 10.1 Å². The Morgan fingerprint density at radius 2 is 2.11 bits per heavy atom. The van der Waals surface area contributed by atoms with Gasteiger partial charge in [-0.05, 0) is 28.8 Å². The van der Waals surface area contributed by atoms with Gasteiger partial charge in [0.05, 0.1) is 0 Å². The molecule has 96 valence electrons. The zero-order chi connectivity index (χ0) is 13.2. The average Bonchev–Trinajstić information content (AvgIpc) is 2.81. The number of carbonyl (C=O) groups is 1. The lowest BCUT2D eigenvalue weighted by Gasteiger charge is -2.24.